The van der Waals surface area contributed by atoms with Gasteiger partial charge in [-0.1, -0.05) is 5.21 Å². The minimum Gasteiger partial charge on any atom is -0.364 e. The fraction of sp³-hybridized carbons (Fsp3) is 0.222. The number of aromatic nitrogens is 5. The SMILES string of the molecule is CCn1cc(-c2cc(C(N)=O)ncn2)nn1. The van der Waals surface area contributed by atoms with Crippen LogP contribution in [-0.2, 0) is 6.54 Å². The Morgan fingerprint density at radius 1 is 1.44 bits per heavy atom. The largest absolute Gasteiger partial charge is 0.364 e. The highest BCUT2D eigenvalue weighted by Gasteiger charge is 2.08. The molecule has 7 heteroatoms. The predicted molar refractivity (Wildman–Crippen MR) is 55.2 cm³/mol. The van der Waals surface area contributed by atoms with Gasteiger partial charge in [0.25, 0.3) is 5.91 Å². The smallest absolute Gasteiger partial charge is 0.267 e. The Kier molecular flexibility index (Phi) is 2.59. The van der Waals surface area contributed by atoms with Crippen molar-refractivity contribution < 1.29 is 4.79 Å². The second kappa shape index (κ2) is 4.05. The number of amides is 1. The minimum absolute atomic E-state index is 0.163. The molecule has 1 amide bonds. The molecule has 0 saturated heterocycles. The standard InChI is InChI=1S/C9H10N6O/c1-2-15-4-8(13-14-15)6-3-7(9(10)16)12-5-11-6/h3-5H,2H2,1H3,(H2,10,16). The van der Waals surface area contributed by atoms with E-state index in [1.807, 2.05) is 6.92 Å². The zero-order chi connectivity index (χ0) is 11.5. The van der Waals surface area contributed by atoms with E-state index in [0.717, 1.165) is 6.54 Å². The summed E-state index contributed by atoms with van der Waals surface area (Å²) in [6.45, 7) is 2.67. The average molecular weight is 218 g/mol. The lowest BCUT2D eigenvalue weighted by atomic mass is 10.2. The molecule has 0 spiro atoms. The number of carbonyl (C=O) groups excluding carboxylic acids is 1. The van der Waals surface area contributed by atoms with Gasteiger partial charge in [-0.05, 0) is 13.0 Å². The van der Waals surface area contributed by atoms with Gasteiger partial charge in [-0.15, -0.1) is 5.10 Å². The van der Waals surface area contributed by atoms with Crippen molar-refractivity contribution in [3.63, 3.8) is 0 Å². The average Bonchev–Trinajstić information content (AvgIpc) is 2.77. The highest BCUT2D eigenvalue weighted by molar-refractivity contribution is 5.91. The lowest BCUT2D eigenvalue weighted by Crippen LogP contribution is -2.13. The first-order valence-corrected chi connectivity index (χ1v) is 4.73. The summed E-state index contributed by atoms with van der Waals surface area (Å²) in [7, 11) is 0. The van der Waals surface area contributed by atoms with Crippen LogP contribution in [0.25, 0.3) is 11.4 Å². The summed E-state index contributed by atoms with van der Waals surface area (Å²) in [4.78, 5) is 18.7. The first-order chi connectivity index (χ1) is 7.70. The third kappa shape index (κ3) is 1.88. The molecular weight excluding hydrogens is 208 g/mol. The molecule has 0 aliphatic heterocycles. The molecule has 0 saturated carbocycles. The van der Waals surface area contributed by atoms with Crippen molar-refractivity contribution in [3.8, 4) is 11.4 Å². The molecule has 0 aromatic carbocycles. The minimum atomic E-state index is -0.591. The van der Waals surface area contributed by atoms with E-state index < -0.39 is 5.91 Å². The van der Waals surface area contributed by atoms with E-state index in [2.05, 4.69) is 20.3 Å². The number of hydrogen-bond donors (Lipinski definition) is 1. The van der Waals surface area contributed by atoms with Crippen LogP contribution in [0.1, 0.15) is 17.4 Å². The van der Waals surface area contributed by atoms with Crippen LogP contribution in [0.4, 0.5) is 0 Å². The summed E-state index contributed by atoms with van der Waals surface area (Å²) in [6.07, 6.45) is 3.02. The van der Waals surface area contributed by atoms with Crippen molar-refractivity contribution in [1.82, 2.24) is 25.0 Å². The summed E-state index contributed by atoms with van der Waals surface area (Å²) in [5.74, 6) is -0.591. The maximum absolute atomic E-state index is 10.9. The van der Waals surface area contributed by atoms with Crippen molar-refractivity contribution in [2.45, 2.75) is 13.5 Å². The van der Waals surface area contributed by atoms with Gasteiger partial charge in [0.1, 0.15) is 17.7 Å². The van der Waals surface area contributed by atoms with Crippen molar-refractivity contribution >= 4 is 5.91 Å². The van der Waals surface area contributed by atoms with E-state index in [-0.39, 0.29) is 5.69 Å². The topological polar surface area (TPSA) is 99.6 Å². The van der Waals surface area contributed by atoms with E-state index in [1.54, 1.807) is 10.9 Å². The van der Waals surface area contributed by atoms with E-state index in [4.69, 9.17) is 5.73 Å². The van der Waals surface area contributed by atoms with Gasteiger partial charge in [-0.25, -0.2) is 9.97 Å². The normalized spacial score (nSPS) is 10.3. The molecule has 0 fully saturated rings. The van der Waals surface area contributed by atoms with E-state index in [0.29, 0.717) is 11.4 Å². The van der Waals surface area contributed by atoms with Crippen molar-refractivity contribution in [1.29, 1.82) is 0 Å². The number of primary amides is 1. The molecule has 0 bridgehead atoms. The molecule has 2 rings (SSSR count). The molecule has 2 aromatic heterocycles. The van der Waals surface area contributed by atoms with Crippen molar-refractivity contribution in [3.05, 3.63) is 24.3 Å². The Balaban J connectivity index is 2.40. The molecule has 2 heterocycles. The molecule has 0 radical (unpaired) electrons. The quantitative estimate of drug-likeness (QED) is 0.772. The van der Waals surface area contributed by atoms with Crippen LogP contribution in [0.15, 0.2) is 18.6 Å². The first-order valence-electron chi connectivity index (χ1n) is 4.73. The zero-order valence-corrected chi connectivity index (χ0v) is 8.66. The molecule has 0 aliphatic rings. The number of nitrogens with zero attached hydrogens (tertiary/aromatic N) is 5. The molecule has 0 aliphatic carbocycles. The Hall–Kier alpha value is -2.31. The molecule has 2 aromatic rings. The van der Waals surface area contributed by atoms with E-state index >= 15 is 0 Å². The first kappa shape index (κ1) is 10.2. The zero-order valence-electron chi connectivity index (χ0n) is 8.66. The van der Waals surface area contributed by atoms with Crippen LogP contribution < -0.4 is 5.73 Å². The molecule has 2 N–H and O–H groups in total. The number of nitrogens with two attached hydrogens (primary N) is 1. The monoisotopic (exact) mass is 218 g/mol. The second-order valence-electron chi connectivity index (χ2n) is 3.11. The van der Waals surface area contributed by atoms with Crippen molar-refractivity contribution in [2.24, 2.45) is 5.73 Å². The number of carbonyl (C=O) groups is 1. The number of aryl methyl sites for hydroxylation is 1. The maximum Gasteiger partial charge on any atom is 0.267 e. The van der Waals surface area contributed by atoms with Gasteiger partial charge in [0.2, 0.25) is 0 Å². The van der Waals surface area contributed by atoms with E-state index in [1.165, 1.54) is 12.4 Å². The van der Waals surface area contributed by atoms with Crippen LogP contribution in [0, 0.1) is 0 Å². The lowest BCUT2D eigenvalue weighted by molar-refractivity contribution is 0.0995. The van der Waals surface area contributed by atoms with Gasteiger partial charge in [-0.2, -0.15) is 0 Å². The van der Waals surface area contributed by atoms with Gasteiger partial charge in [-0.3, -0.25) is 9.48 Å². The van der Waals surface area contributed by atoms with Crippen molar-refractivity contribution in [2.75, 3.05) is 0 Å². The summed E-state index contributed by atoms with van der Waals surface area (Å²) in [6, 6.07) is 1.49. The predicted octanol–water partition coefficient (Wildman–Crippen LogP) is -0.146. The molecule has 16 heavy (non-hydrogen) atoms. The Morgan fingerprint density at radius 2 is 2.25 bits per heavy atom. The van der Waals surface area contributed by atoms with Gasteiger partial charge < -0.3 is 5.73 Å². The van der Waals surface area contributed by atoms with Crippen LogP contribution in [0.3, 0.4) is 0 Å². The van der Waals surface area contributed by atoms with Crippen LogP contribution in [-0.4, -0.2) is 30.9 Å². The maximum atomic E-state index is 10.9. The fourth-order valence-corrected chi connectivity index (χ4v) is 1.20. The molecule has 82 valence electrons. The van der Waals surface area contributed by atoms with Gasteiger partial charge in [0.15, 0.2) is 0 Å². The third-order valence-electron chi connectivity index (χ3n) is 2.04. The Labute approximate surface area is 91.3 Å². The van der Waals surface area contributed by atoms with Crippen LogP contribution in [0.2, 0.25) is 0 Å². The summed E-state index contributed by atoms with van der Waals surface area (Å²) < 4.78 is 1.67. The van der Waals surface area contributed by atoms with Crippen LogP contribution >= 0.6 is 0 Å². The number of rotatable bonds is 3. The summed E-state index contributed by atoms with van der Waals surface area (Å²) >= 11 is 0. The molecule has 0 atom stereocenters. The van der Waals surface area contributed by atoms with Crippen LogP contribution in [0.5, 0.6) is 0 Å². The highest BCUT2D eigenvalue weighted by atomic mass is 16.1. The Morgan fingerprint density at radius 3 is 2.88 bits per heavy atom. The highest BCUT2D eigenvalue weighted by Crippen LogP contribution is 2.12. The lowest BCUT2D eigenvalue weighted by Gasteiger charge is -1.96. The van der Waals surface area contributed by atoms with Gasteiger partial charge >= 0.3 is 0 Å². The summed E-state index contributed by atoms with van der Waals surface area (Å²) in [5, 5.41) is 7.80. The second-order valence-corrected chi connectivity index (χ2v) is 3.11. The summed E-state index contributed by atoms with van der Waals surface area (Å²) in [5.41, 5.74) is 6.41. The Bertz CT molecular complexity index is 520. The van der Waals surface area contributed by atoms with E-state index in [9.17, 15) is 4.79 Å². The molecule has 0 unspecified atom stereocenters. The molecule has 7 nitrogen and oxygen atoms in total. The third-order valence-corrected chi connectivity index (χ3v) is 2.04. The fourth-order valence-electron chi connectivity index (χ4n) is 1.20. The van der Waals surface area contributed by atoms with Gasteiger partial charge in [0.05, 0.1) is 11.9 Å². The van der Waals surface area contributed by atoms with Gasteiger partial charge in [0, 0.05) is 6.54 Å². The number of hydrogen-bond acceptors (Lipinski definition) is 5. The molecular formula is C9H10N6O.